The van der Waals surface area contributed by atoms with E-state index in [0.29, 0.717) is 19.1 Å². The SMILES string of the molecule is Cc1ccc(-c2ccc3c(c2)C=C(C(=O)Nc2ccc(CN(C)C4Cc5ccccc5C4)cc2)CCO3)cc1. The van der Waals surface area contributed by atoms with Crippen molar-refractivity contribution in [3.63, 3.8) is 0 Å². The van der Waals surface area contributed by atoms with E-state index in [-0.39, 0.29) is 5.91 Å². The molecule has 0 fully saturated rings. The van der Waals surface area contributed by atoms with E-state index in [4.69, 9.17) is 4.74 Å². The van der Waals surface area contributed by atoms with E-state index >= 15 is 0 Å². The topological polar surface area (TPSA) is 41.6 Å². The van der Waals surface area contributed by atoms with Crippen molar-refractivity contribution < 1.29 is 9.53 Å². The summed E-state index contributed by atoms with van der Waals surface area (Å²) in [6, 6.07) is 32.2. The molecule has 0 spiro atoms. The van der Waals surface area contributed by atoms with Gasteiger partial charge in [0.25, 0.3) is 5.91 Å². The molecule has 4 nitrogen and oxygen atoms in total. The smallest absolute Gasteiger partial charge is 0.251 e. The van der Waals surface area contributed by atoms with Gasteiger partial charge in [0.2, 0.25) is 0 Å². The van der Waals surface area contributed by atoms with Gasteiger partial charge in [-0.25, -0.2) is 0 Å². The van der Waals surface area contributed by atoms with Crippen LogP contribution in [0.1, 0.15) is 34.2 Å². The second kappa shape index (κ2) is 10.9. The van der Waals surface area contributed by atoms with Crippen molar-refractivity contribution in [3.8, 4) is 16.9 Å². The van der Waals surface area contributed by atoms with Crippen LogP contribution in [-0.4, -0.2) is 30.5 Å². The standard InChI is InChI=1S/C35H34N2O2/c1-24-7-11-26(12-8-24)29-13-16-34-31(19-29)20-30(17-18-39-34)35(38)36-32-14-9-25(10-15-32)23-37(2)33-21-27-5-3-4-6-28(27)22-33/h3-16,19-20,33H,17-18,21-23H2,1-2H3,(H,36,38). The van der Waals surface area contributed by atoms with Crippen molar-refractivity contribution in [1.82, 2.24) is 4.90 Å². The summed E-state index contributed by atoms with van der Waals surface area (Å²) in [6.07, 6.45) is 4.75. The van der Waals surface area contributed by atoms with Gasteiger partial charge in [0.1, 0.15) is 5.75 Å². The molecule has 2 aliphatic rings. The first-order valence-electron chi connectivity index (χ1n) is 13.7. The Morgan fingerprint density at radius 2 is 1.59 bits per heavy atom. The van der Waals surface area contributed by atoms with Crippen LogP contribution in [0.15, 0.2) is 96.6 Å². The van der Waals surface area contributed by atoms with Gasteiger partial charge >= 0.3 is 0 Å². The quantitative estimate of drug-likeness (QED) is 0.299. The Bertz CT molecular complexity index is 1490. The molecule has 1 N–H and O–H groups in total. The molecule has 0 atom stereocenters. The zero-order valence-corrected chi connectivity index (χ0v) is 22.6. The average molecular weight is 515 g/mol. The second-order valence-corrected chi connectivity index (χ2v) is 10.8. The number of likely N-dealkylation sites (N-methyl/N-ethyl adjacent to an activating group) is 1. The zero-order chi connectivity index (χ0) is 26.8. The fraction of sp³-hybridized carbons (Fsp3) is 0.229. The molecule has 196 valence electrons. The van der Waals surface area contributed by atoms with Crippen molar-refractivity contribution in [1.29, 1.82) is 0 Å². The highest BCUT2D eigenvalue weighted by Crippen LogP contribution is 2.32. The molecule has 0 saturated carbocycles. The number of ether oxygens (including phenoxy) is 1. The molecule has 6 rings (SSSR count). The molecule has 39 heavy (non-hydrogen) atoms. The van der Waals surface area contributed by atoms with Crippen LogP contribution in [0.25, 0.3) is 17.2 Å². The number of aryl methyl sites for hydroxylation is 1. The Hall–Kier alpha value is -4.15. The van der Waals surface area contributed by atoms with Crippen molar-refractivity contribution >= 4 is 17.7 Å². The van der Waals surface area contributed by atoms with Gasteiger partial charge in [-0.3, -0.25) is 9.69 Å². The molecule has 1 aliphatic heterocycles. The number of amides is 1. The molecule has 1 amide bonds. The molecule has 4 aromatic rings. The van der Waals surface area contributed by atoms with Gasteiger partial charge in [-0.1, -0.05) is 72.3 Å². The lowest BCUT2D eigenvalue weighted by Gasteiger charge is -2.24. The van der Waals surface area contributed by atoms with E-state index in [1.807, 2.05) is 24.3 Å². The van der Waals surface area contributed by atoms with E-state index in [2.05, 4.69) is 97.0 Å². The van der Waals surface area contributed by atoms with Gasteiger partial charge in [-0.05, 0) is 85.0 Å². The van der Waals surface area contributed by atoms with E-state index in [9.17, 15) is 4.79 Å². The summed E-state index contributed by atoms with van der Waals surface area (Å²) < 4.78 is 5.97. The summed E-state index contributed by atoms with van der Waals surface area (Å²) in [5.74, 6) is 0.730. The fourth-order valence-corrected chi connectivity index (χ4v) is 5.60. The minimum atomic E-state index is -0.0826. The summed E-state index contributed by atoms with van der Waals surface area (Å²) in [5, 5.41) is 3.09. The van der Waals surface area contributed by atoms with E-state index in [1.165, 1.54) is 22.3 Å². The molecule has 1 heterocycles. The summed E-state index contributed by atoms with van der Waals surface area (Å²) in [6.45, 7) is 3.45. The third-order valence-corrected chi connectivity index (χ3v) is 7.94. The number of benzene rings is 4. The van der Waals surface area contributed by atoms with E-state index in [1.54, 1.807) is 0 Å². The Labute approximate surface area is 231 Å². The minimum absolute atomic E-state index is 0.0826. The second-order valence-electron chi connectivity index (χ2n) is 10.8. The van der Waals surface area contributed by atoms with Crippen molar-refractivity contribution in [3.05, 3.63) is 124 Å². The van der Waals surface area contributed by atoms with Crippen LogP contribution in [0, 0.1) is 6.92 Å². The number of nitrogens with one attached hydrogen (secondary N) is 1. The van der Waals surface area contributed by atoms with Gasteiger partial charge in [-0.2, -0.15) is 0 Å². The molecule has 0 bridgehead atoms. The number of carbonyl (C=O) groups is 1. The average Bonchev–Trinajstić information content (AvgIpc) is 3.28. The third-order valence-electron chi connectivity index (χ3n) is 7.94. The lowest BCUT2D eigenvalue weighted by atomic mass is 10.00. The van der Waals surface area contributed by atoms with Crippen molar-refractivity contribution in [2.45, 2.75) is 38.8 Å². The zero-order valence-electron chi connectivity index (χ0n) is 22.6. The lowest BCUT2D eigenvalue weighted by Crippen LogP contribution is -2.31. The van der Waals surface area contributed by atoms with Crippen LogP contribution in [0.2, 0.25) is 0 Å². The highest BCUT2D eigenvalue weighted by molar-refractivity contribution is 6.07. The molecular formula is C35H34N2O2. The maximum absolute atomic E-state index is 13.2. The van der Waals surface area contributed by atoms with E-state index < -0.39 is 0 Å². The van der Waals surface area contributed by atoms with Crippen LogP contribution in [0.3, 0.4) is 0 Å². The Morgan fingerprint density at radius 1 is 0.897 bits per heavy atom. The molecule has 0 radical (unpaired) electrons. The van der Waals surface area contributed by atoms with Crippen LogP contribution < -0.4 is 10.1 Å². The summed E-state index contributed by atoms with van der Waals surface area (Å²) >= 11 is 0. The van der Waals surface area contributed by atoms with Crippen molar-refractivity contribution in [2.75, 3.05) is 19.0 Å². The van der Waals surface area contributed by atoms with Crippen LogP contribution >= 0.6 is 0 Å². The van der Waals surface area contributed by atoms with Gasteiger partial charge in [0.15, 0.2) is 0 Å². The Kier molecular flexibility index (Phi) is 7.04. The third kappa shape index (κ3) is 5.67. The highest BCUT2D eigenvalue weighted by Gasteiger charge is 2.24. The van der Waals surface area contributed by atoms with Crippen LogP contribution in [-0.2, 0) is 24.2 Å². The van der Waals surface area contributed by atoms with Gasteiger partial charge in [0, 0.05) is 35.8 Å². The number of carbonyl (C=O) groups excluding carboxylic acids is 1. The largest absolute Gasteiger partial charge is 0.493 e. The Balaban J connectivity index is 1.11. The number of fused-ring (bicyclic) bond motifs is 2. The molecule has 4 aromatic carbocycles. The summed E-state index contributed by atoms with van der Waals surface area (Å²) in [4.78, 5) is 15.7. The van der Waals surface area contributed by atoms with Crippen LogP contribution in [0.5, 0.6) is 5.75 Å². The van der Waals surface area contributed by atoms with Crippen LogP contribution in [0.4, 0.5) is 5.69 Å². The maximum atomic E-state index is 13.2. The first-order valence-corrected chi connectivity index (χ1v) is 13.7. The number of anilines is 1. The summed E-state index contributed by atoms with van der Waals surface area (Å²) in [5.41, 5.74) is 10.1. The minimum Gasteiger partial charge on any atom is -0.493 e. The van der Waals surface area contributed by atoms with Gasteiger partial charge in [0.05, 0.1) is 6.61 Å². The van der Waals surface area contributed by atoms with Crippen molar-refractivity contribution in [2.24, 2.45) is 0 Å². The number of rotatable bonds is 6. The number of hydrogen-bond acceptors (Lipinski definition) is 3. The maximum Gasteiger partial charge on any atom is 0.251 e. The van der Waals surface area contributed by atoms with Gasteiger partial charge < -0.3 is 10.1 Å². The molecule has 1 aliphatic carbocycles. The summed E-state index contributed by atoms with van der Waals surface area (Å²) in [7, 11) is 2.20. The fourth-order valence-electron chi connectivity index (χ4n) is 5.60. The van der Waals surface area contributed by atoms with E-state index in [0.717, 1.165) is 53.1 Å². The van der Waals surface area contributed by atoms with Gasteiger partial charge in [-0.15, -0.1) is 0 Å². The first kappa shape index (κ1) is 25.1. The molecular weight excluding hydrogens is 480 g/mol. The molecule has 4 heteroatoms. The molecule has 0 aromatic heterocycles. The molecule has 0 unspecified atom stereocenters. The first-order chi connectivity index (χ1) is 19.0. The highest BCUT2D eigenvalue weighted by atomic mass is 16.5. The lowest BCUT2D eigenvalue weighted by molar-refractivity contribution is -0.113. The number of hydrogen-bond donors (Lipinski definition) is 1. The predicted molar refractivity (Wildman–Crippen MR) is 159 cm³/mol. The number of nitrogens with zero attached hydrogens (tertiary/aromatic N) is 1. The molecule has 0 saturated heterocycles. The Morgan fingerprint density at radius 3 is 2.31 bits per heavy atom. The monoisotopic (exact) mass is 514 g/mol. The predicted octanol–water partition coefficient (Wildman–Crippen LogP) is 7.07. The normalized spacial score (nSPS) is 14.7.